The van der Waals surface area contributed by atoms with E-state index < -0.39 is 18.4 Å². The Labute approximate surface area is 156 Å². The van der Waals surface area contributed by atoms with Crippen molar-refractivity contribution in [3.63, 3.8) is 0 Å². The predicted molar refractivity (Wildman–Crippen MR) is 93.0 cm³/mol. The van der Waals surface area contributed by atoms with E-state index in [0.717, 1.165) is 17.0 Å². The normalized spacial score (nSPS) is 12.0. The molecule has 0 radical (unpaired) electrons. The van der Waals surface area contributed by atoms with Crippen molar-refractivity contribution in [2.24, 2.45) is 0 Å². The lowest BCUT2D eigenvalue weighted by Gasteiger charge is -2.10. The number of aromatic amines is 1. The van der Waals surface area contributed by atoms with Gasteiger partial charge in [0.2, 0.25) is 5.82 Å². The number of aryl methyl sites for hydroxylation is 2. The smallest absolute Gasteiger partial charge is 0.393 e. The summed E-state index contributed by atoms with van der Waals surface area (Å²) in [6, 6.07) is 11.3. The van der Waals surface area contributed by atoms with Crippen LogP contribution in [0.2, 0.25) is 0 Å². The van der Waals surface area contributed by atoms with Gasteiger partial charge in [0, 0.05) is 5.39 Å². The Kier molecular flexibility index (Phi) is 4.58. The third-order valence-corrected chi connectivity index (χ3v) is 4.35. The van der Waals surface area contributed by atoms with Crippen LogP contribution in [0.15, 0.2) is 46.9 Å². The maximum absolute atomic E-state index is 13.6. The fourth-order valence-electron chi connectivity index (χ4n) is 3.03. The van der Waals surface area contributed by atoms with Gasteiger partial charge in [-0.2, -0.15) is 18.4 Å². The summed E-state index contributed by atoms with van der Waals surface area (Å²) >= 11 is 0. The minimum atomic E-state index is -4.44. The third kappa shape index (κ3) is 4.03. The predicted octanol–water partition coefficient (Wildman–Crippen LogP) is 4.64. The van der Waals surface area contributed by atoms with Crippen molar-refractivity contribution in [3.8, 4) is 11.6 Å². The molecule has 0 unspecified atom stereocenters. The number of hydrogen-bond donors (Lipinski definition) is 1. The lowest BCUT2D eigenvalue weighted by molar-refractivity contribution is -0.127. The molecule has 1 N–H and O–H groups in total. The molecule has 9 heteroatoms. The highest BCUT2D eigenvalue weighted by Crippen LogP contribution is 2.27. The molecule has 0 saturated heterocycles. The Morgan fingerprint density at radius 3 is 2.43 bits per heavy atom. The Bertz CT molecular complexity index is 1100. The summed E-state index contributed by atoms with van der Waals surface area (Å²) in [7, 11) is 0. The molecule has 0 bridgehead atoms. The first kappa shape index (κ1) is 18.1. The van der Waals surface area contributed by atoms with Gasteiger partial charge in [0.25, 0.3) is 0 Å². The van der Waals surface area contributed by atoms with Crippen LogP contribution in [0.3, 0.4) is 0 Å². The number of alkyl halides is 3. The summed E-state index contributed by atoms with van der Waals surface area (Å²) in [5, 5.41) is 14.5. The number of nitrogens with zero attached hydrogens (tertiary/aromatic N) is 3. The Hall–Kier alpha value is -3.23. The summed E-state index contributed by atoms with van der Waals surface area (Å²) < 4.78 is 57.1. The molecule has 0 atom stereocenters. The maximum Gasteiger partial charge on any atom is 0.393 e. The monoisotopic (exact) mass is 390 g/mol. The van der Waals surface area contributed by atoms with Crippen LogP contribution in [-0.2, 0) is 19.3 Å². The van der Waals surface area contributed by atoms with E-state index in [2.05, 4.69) is 20.6 Å². The van der Waals surface area contributed by atoms with Gasteiger partial charge in [-0.1, -0.05) is 24.3 Å². The number of furan rings is 1. The maximum atomic E-state index is 13.6. The Morgan fingerprint density at radius 1 is 0.964 bits per heavy atom. The summed E-state index contributed by atoms with van der Waals surface area (Å²) in [5.41, 5.74) is 1.90. The molecule has 0 amide bonds. The molecule has 0 aliphatic heterocycles. The highest BCUT2D eigenvalue weighted by molar-refractivity contribution is 5.82. The van der Waals surface area contributed by atoms with Crippen LogP contribution in [0, 0.1) is 5.82 Å². The highest BCUT2D eigenvalue weighted by Gasteiger charge is 2.29. The zero-order valence-corrected chi connectivity index (χ0v) is 14.4. The van der Waals surface area contributed by atoms with Crippen LogP contribution in [0.4, 0.5) is 17.6 Å². The highest BCUT2D eigenvalue weighted by atomic mass is 19.4. The molecule has 0 spiro atoms. The molecule has 0 saturated carbocycles. The van der Waals surface area contributed by atoms with Gasteiger partial charge in [-0.3, -0.25) is 0 Å². The first-order chi connectivity index (χ1) is 13.4. The van der Waals surface area contributed by atoms with Crippen LogP contribution in [-0.4, -0.2) is 26.8 Å². The van der Waals surface area contributed by atoms with E-state index >= 15 is 0 Å². The molecule has 2 aromatic carbocycles. The molecule has 4 rings (SSSR count). The van der Waals surface area contributed by atoms with Gasteiger partial charge in [0.15, 0.2) is 5.76 Å². The van der Waals surface area contributed by atoms with Gasteiger partial charge in [-0.05, 0) is 52.9 Å². The number of aromatic nitrogens is 4. The summed E-state index contributed by atoms with van der Waals surface area (Å²) in [5.74, 6) is -0.00967. The van der Waals surface area contributed by atoms with Crippen molar-refractivity contribution in [1.29, 1.82) is 0 Å². The number of hydrogen-bond acceptors (Lipinski definition) is 4. The van der Waals surface area contributed by atoms with Gasteiger partial charge in [-0.15, -0.1) is 10.2 Å². The minimum absolute atomic E-state index is 0.337. The second-order valence-corrected chi connectivity index (χ2v) is 6.44. The van der Waals surface area contributed by atoms with Crippen LogP contribution >= 0.6 is 0 Å². The molecule has 5 nitrogen and oxygen atoms in total. The Morgan fingerprint density at radius 2 is 1.71 bits per heavy atom. The molecule has 28 heavy (non-hydrogen) atoms. The lowest BCUT2D eigenvalue weighted by Crippen LogP contribution is -2.13. The van der Waals surface area contributed by atoms with E-state index in [-0.39, 0.29) is 5.56 Å². The zero-order valence-electron chi connectivity index (χ0n) is 14.4. The van der Waals surface area contributed by atoms with Gasteiger partial charge >= 0.3 is 6.18 Å². The molecule has 0 fully saturated rings. The summed E-state index contributed by atoms with van der Waals surface area (Å²) in [6.07, 6.45) is -4.66. The first-order valence-electron chi connectivity index (χ1n) is 8.48. The topological polar surface area (TPSA) is 67.6 Å². The number of benzene rings is 2. The van der Waals surface area contributed by atoms with Gasteiger partial charge < -0.3 is 4.42 Å². The second kappa shape index (κ2) is 7.06. The SMILES string of the molecule is Fc1ccc(CCc2ccc3cc(-c4nn[nH]n4)oc3c2)cc1CC(F)(F)F. The van der Waals surface area contributed by atoms with Crippen molar-refractivity contribution in [2.75, 3.05) is 0 Å². The molecule has 144 valence electrons. The molecular formula is C19H14F4N4O. The molecular weight excluding hydrogens is 376 g/mol. The largest absolute Gasteiger partial charge is 0.453 e. The first-order valence-corrected chi connectivity index (χ1v) is 8.48. The fraction of sp³-hybridized carbons (Fsp3) is 0.211. The number of H-pyrrole nitrogens is 1. The van der Waals surface area contributed by atoms with Crippen molar-refractivity contribution in [3.05, 3.63) is 65.0 Å². The minimum Gasteiger partial charge on any atom is -0.453 e. The molecule has 4 aromatic rings. The number of tetrazole rings is 1. The van der Waals surface area contributed by atoms with E-state index in [4.69, 9.17) is 4.42 Å². The number of halogens is 4. The van der Waals surface area contributed by atoms with Gasteiger partial charge in [-0.25, -0.2) is 4.39 Å². The second-order valence-electron chi connectivity index (χ2n) is 6.44. The average molecular weight is 390 g/mol. The number of rotatable bonds is 5. The van der Waals surface area contributed by atoms with Crippen LogP contribution < -0.4 is 0 Å². The number of fused-ring (bicyclic) bond motifs is 1. The number of nitrogens with one attached hydrogen (secondary N) is 1. The van der Waals surface area contributed by atoms with E-state index in [1.807, 2.05) is 18.2 Å². The van der Waals surface area contributed by atoms with Crippen molar-refractivity contribution in [1.82, 2.24) is 20.6 Å². The standard InChI is InChI=1S/C19H14F4N4O/c20-15-6-4-11(7-14(15)10-19(21,22)23)1-2-12-3-5-13-9-17(28-16(13)8-12)18-24-26-27-25-18/h3-9H,1-2,10H2,(H,24,25,26,27). The van der Waals surface area contributed by atoms with Crippen molar-refractivity contribution < 1.29 is 22.0 Å². The zero-order chi connectivity index (χ0) is 19.7. The van der Waals surface area contributed by atoms with Crippen molar-refractivity contribution in [2.45, 2.75) is 25.4 Å². The molecule has 0 aliphatic rings. The van der Waals surface area contributed by atoms with Gasteiger partial charge in [0.05, 0.1) is 6.42 Å². The van der Waals surface area contributed by atoms with E-state index in [1.165, 1.54) is 12.1 Å². The van der Waals surface area contributed by atoms with Crippen LogP contribution in [0.5, 0.6) is 0 Å². The van der Waals surface area contributed by atoms with E-state index in [0.29, 0.717) is 35.6 Å². The molecule has 0 aliphatic carbocycles. The summed E-state index contributed by atoms with van der Waals surface area (Å²) in [4.78, 5) is 0. The lowest BCUT2D eigenvalue weighted by atomic mass is 10.0. The summed E-state index contributed by atoms with van der Waals surface area (Å²) in [6.45, 7) is 0. The average Bonchev–Trinajstić information content (AvgIpc) is 3.30. The van der Waals surface area contributed by atoms with Crippen LogP contribution in [0.1, 0.15) is 16.7 Å². The van der Waals surface area contributed by atoms with E-state index in [1.54, 1.807) is 6.07 Å². The van der Waals surface area contributed by atoms with Gasteiger partial charge in [0.1, 0.15) is 11.4 Å². The van der Waals surface area contributed by atoms with Crippen LogP contribution in [0.25, 0.3) is 22.6 Å². The fourth-order valence-corrected chi connectivity index (χ4v) is 3.03. The van der Waals surface area contributed by atoms with E-state index in [9.17, 15) is 17.6 Å². The third-order valence-electron chi connectivity index (χ3n) is 4.35. The quantitative estimate of drug-likeness (QED) is 0.504. The van der Waals surface area contributed by atoms with Crippen molar-refractivity contribution >= 4 is 11.0 Å². The molecule has 2 heterocycles. The Balaban J connectivity index is 1.50. The molecule has 2 aromatic heterocycles.